The molecule has 17 heavy (non-hydrogen) atoms. The number of hydrogen-bond acceptors (Lipinski definition) is 2. The molecule has 0 N–H and O–H groups in total. The van der Waals surface area contributed by atoms with Crippen molar-refractivity contribution in [2.75, 3.05) is 6.61 Å². The zero-order chi connectivity index (χ0) is 13.1. The Morgan fingerprint density at radius 1 is 1.47 bits per heavy atom. The minimum absolute atomic E-state index is 0.594. The summed E-state index contributed by atoms with van der Waals surface area (Å²) in [5.41, 5.74) is 1.95. The third-order valence-corrected chi connectivity index (χ3v) is 4.34. The number of rotatable bonds is 6. The van der Waals surface area contributed by atoms with Gasteiger partial charge in [-0.15, -0.1) is 0 Å². The molecule has 1 heterocycles. The Morgan fingerprint density at radius 3 is 2.59 bits per heavy atom. The molecule has 0 aromatic carbocycles. The summed E-state index contributed by atoms with van der Waals surface area (Å²) < 4.78 is 7.73. The van der Waals surface area contributed by atoms with E-state index in [0.29, 0.717) is 6.73 Å². The van der Waals surface area contributed by atoms with Gasteiger partial charge in [0.1, 0.15) is 12.6 Å². The van der Waals surface area contributed by atoms with Crippen molar-refractivity contribution in [3.8, 4) is 0 Å². The summed E-state index contributed by atoms with van der Waals surface area (Å²) in [6.07, 6.45) is 2.01. The SMILES string of the molecule is C=C(C)c1cn(COCC[Si](C)(C)C)c(C)n1. The van der Waals surface area contributed by atoms with Crippen LogP contribution in [0.4, 0.5) is 0 Å². The lowest BCUT2D eigenvalue weighted by Crippen LogP contribution is -2.22. The molecule has 96 valence electrons. The largest absolute Gasteiger partial charge is 0.361 e. The van der Waals surface area contributed by atoms with Gasteiger partial charge in [-0.1, -0.05) is 26.2 Å². The van der Waals surface area contributed by atoms with Gasteiger partial charge in [-0.05, 0) is 25.5 Å². The van der Waals surface area contributed by atoms with Crippen molar-refractivity contribution in [2.45, 2.75) is 46.3 Å². The molecule has 0 aliphatic carbocycles. The van der Waals surface area contributed by atoms with Gasteiger partial charge in [-0.25, -0.2) is 4.98 Å². The van der Waals surface area contributed by atoms with Crippen LogP contribution < -0.4 is 0 Å². The molecule has 0 atom stereocenters. The van der Waals surface area contributed by atoms with E-state index < -0.39 is 8.07 Å². The van der Waals surface area contributed by atoms with E-state index in [1.54, 1.807) is 0 Å². The van der Waals surface area contributed by atoms with E-state index in [4.69, 9.17) is 4.74 Å². The van der Waals surface area contributed by atoms with Crippen LogP contribution in [-0.4, -0.2) is 24.2 Å². The highest BCUT2D eigenvalue weighted by molar-refractivity contribution is 6.76. The van der Waals surface area contributed by atoms with E-state index in [0.717, 1.165) is 23.7 Å². The number of ether oxygens (including phenoxy) is 1. The fourth-order valence-electron chi connectivity index (χ4n) is 1.39. The number of hydrogen-bond donors (Lipinski definition) is 0. The summed E-state index contributed by atoms with van der Waals surface area (Å²) in [6, 6.07) is 1.20. The lowest BCUT2D eigenvalue weighted by Gasteiger charge is -2.15. The van der Waals surface area contributed by atoms with Gasteiger partial charge >= 0.3 is 0 Å². The van der Waals surface area contributed by atoms with Crippen LogP contribution in [-0.2, 0) is 11.5 Å². The van der Waals surface area contributed by atoms with Crippen LogP contribution in [0.1, 0.15) is 18.4 Å². The van der Waals surface area contributed by atoms with E-state index in [-0.39, 0.29) is 0 Å². The van der Waals surface area contributed by atoms with Crippen LogP contribution in [0.2, 0.25) is 25.7 Å². The van der Waals surface area contributed by atoms with E-state index >= 15 is 0 Å². The second-order valence-corrected chi connectivity index (χ2v) is 11.4. The molecular formula is C13H24N2OSi. The Hall–Kier alpha value is -0.873. The fraction of sp³-hybridized carbons (Fsp3) is 0.615. The van der Waals surface area contributed by atoms with Gasteiger partial charge in [0.25, 0.3) is 0 Å². The maximum Gasteiger partial charge on any atom is 0.123 e. The standard InChI is InChI=1S/C13H24N2OSi/c1-11(2)13-9-15(12(3)14-13)10-16-7-8-17(4,5)6/h9H,1,7-8,10H2,2-6H3. The molecule has 3 nitrogen and oxygen atoms in total. The van der Waals surface area contributed by atoms with E-state index in [2.05, 4.69) is 31.2 Å². The zero-order valence-corrected chi connectivity index (χ0v) is 12.7. The van der Waals surface area contributed by atoms with Crippen molar-refractivity contribution in [1.82, 2.24) is 9.55 Å². The molecule has 4 heteroatoms. The molecule has 0 fully saturated rings. The molecule has 0 saturated heterocycles. The first-order valence-electron chi connectivity index (χ1n) is 6.07. The van der Waals surface area contributed by atoms with Gasteiger partial charge in [0.2, 0.25) is 0 Å². The molecule has 0 bridgehead atoms. The molecule has 0 amide bonds. The Kier molecular flexibility index (Phi) is 4.71. The van der Waals surface area contributed by atoms with Crippen molar-refractivity contribution in [3.05, 3.63) is 24.3 Å². The van der Waals surface area contributed by atoms with Gasteiger partial charge in [0, 0.05) is 20.9 Å². The van der Waals surface area contributed by atoms with Crippen molar-refractivity contribution in [3.63, 3.8) is 0 Å². The average molecular weight is 252 g/mol. The van der Waals surface area contributed by atoms with Crippen molar-refractivity contribution < 1.29 is 4.74 Å². The molecular weight excluding hydrogens is 228 g/mol. The van der Waals surface area contributed by atoms with Crippen molar-refractivity contribution >= 4 is 13.6 Å². The first-order valence-corrected chi connectivity index (χ1v) is 9.78. The summed E-state index contributed by atoms with van der Waals surface area (Å²) >= 11 is 0. The monoisotopic (exact) mass is 252 g/mol. The number of aryl methyl sites for hydroxylation is 1. The van der Waals surface area contributed by atoms with Crippen molar-refractivity contribution in [1.29, 1.82) is 0 Å². The Labute approximate surface area is 106 Å². The lowest BCUT2D eigenvalue weighted by atomic mass is 10.3. The first-order chi connectivity index (χ1) is 7.79. The molecule has 0 unspecified atom stereocenters. The number of nitrogens with zero attached hydrogens (tertiary/aromatic N) is 2. The number of allylic oxidation sites excluding steroid dienone is 1. The van der Waals surface area contributed by atoms with Crippen LogP contribution >= 0.6 is 0 Å². The maximum atomic E-state index is 5.70. The normalized spacial score (nSPS) is 11.8. The summed E-state index contributed by atoms with van der Waals surface area (Å²) in [5, 5.41) is 0. The molecule has 0 saturated carbocycles. The maximum absolute atomic E-state index is 5.70. The molecule has 0 aliphatic heterocycles. The second kappa shape index (κ2) is 5.64. The molecule has 1 aromatic heterocycles. The molecule has 1 aromatic rings. The minimum atomic E-state index is -0.986. The summed E-state index contributed by atoms with van der Waals surface area (Å²) in [7, 11) is -0.986. The highest BCUT2D eigenvalue weighted by atomic mass is 28.3. The molecule has 0 spiro atoms. The number of aromatic nitrogens is 2. The second-order valence-electron chi connectivity index (χ2n) is 5.77. The van der Waals surface area contributed by atoms with Gasteiger partial charge < -0.3 is 9.30 Å². The third kappa shape index (κ3) is 4.87. The molecule has 0 aliphatic rings. The summed E-state index contributed by atoms with van der Waals surface area (Å²) in [5.74, 6) is 0.982. The highest BCUT2D eigenvalue weighted by Crippen LogP contribution is 2.12. The molecule has 1 rings (SSSR count). The van der Waals surface area contributed by atoms with Crippen LogP contribution in [0.15, 0.2) is 12.8 Å². The predicted molar refractivity (Wildman–Crippen MR) is 75.8 cm³/mol. The predicted octanol–water partition coefficient (Wildman–Crippen LogP) is 3.54. The van der Waals surface area contributed by atoms with Gasteiger partial charge in [-0.2, -0.15) is 0 Å². The van der Waals surface area contributed by atoms with Crippen LogP contribution in [0.25, 0.3) is 5.57 Å². The Bertz CT molecular complexity index is 391. The minimum Gasteiger partial charge on any atom is -0.361 e. The molecule has 0 radical (unpaired) electrons. The van der Waals surface area contributed by atoms with E-state index in [1.807, 2.05) is 24.6 Å². The number of imidazole rings is 1. The van der Waals surface area contributed by atoms with Gasteiger partial charge in [0.05, 0.1) is 5.69 Å². The van der Waals surface area contributed by atoms with Crippen LogP contribution in [0.3, 0.4) is 0 Å². The highest BCUT2D eigenvalue weighted by Gasteiger charge is 2.12. The lowest BCUT2D eigenvalue weighted by molar-refractivity contribution is 0.0857. The van der Waals surface area contributed by atoms with Gasteiger partial charge in [0.15, 0.2) is 0 Å². The average Bonchev–Trinajstić information content (AvgIpc) is 2.54. The zero-order valence-electron chi connectivity index (χ0n) is 11.7. The third-order valence-electron chi connectivity index (χ3n) is 2.64. The summed E-state index contributed by atoms with van der Waals surface area (Å²) in [6.45, 7) is 16.4. The fourth-order valence-corrected chi connectivity index (χ4v) is 2.14. The van der Waals surface area contributed by atoms with Crippen molar-refractivity contribution in [2.24, 2.45) is 0 Å². The topological polar surface area (TPSA) is 27.1 Å². The Balaban J connectivity index is 2.44. The quantitative estimate of drug-likeness (QED) is 0.572. The van der Waals surface area contributed by atoms with E-state index in [9.17, 15) is 0 Å². The van der Waals surface area contributed by atoms with E-state index in [1.165, 1.54) is 6.04 Å². The smallest absolute Gasteiger partial charge is 0.123 e. The van der Waals surface area contributed by atoms with Crippen LogP contribution in [0.5, 0.6) is 0 Å². The Morgan fingerprint density at radius 2 is 2.12 bits per heavy atom. The van der Waals surface area contributed by atoms with Crippen LogP contribution in [0, 0.1) is 6.92 Å². The summed E-state index contributed by atoms with van der Waals surface area (Å²) in [4.78, 5) is 4.43. The first kappa shape index (κ1) is 14.2. The van der Waals surface area contributed by atoms with Gasteiger partial charge in [-0.3, -0.25) is 0 Å².